The smallest absolute Gasteiger partial charge is 0.336 e. The second kappa shape index (κ2) is 9.16. The highest BCUT2D eigenvalue weighted by molar-refractivity contribution is 9.10. The molecule has 0 spiro atoms. The fourth-order valence-electron chi connectivity index (χ4n) is 2.94. The standard InChI is InChI=1S/C20H21BrO7/c1-10(17(22)15(19(24)27-3)18(23)20(25)28-4)11-5-7-13-12(9-11)6-8-14(26-2)16(13)21/h5-10,15,18,23H,1-4H3/t10-,15?,18?/m0/s1. The van der Waals surface area contributed by atoms with E-state index in [-0.39, 0.29) is 0 Å². The third kappa shape index (κ3) is 4.18. The van der Waals surface area contributed by atoms with Crippen LogP contribution in [0.4, 0.5) is 0 Å². The van der Waals surface area contributed by atoms with Gasteiger partial charge in [-0.3, -0.25) is 9.59 Å². The van der Waals surface area contributed by atoms with Crippen LogP contribution < -0.4 is 4.74 Å². The summed E-state index contributed by atoms with van der Waals surface area (Å²) < 4.78 is 15.1. The molecule has 0 aliphatic carbocycles. The van der Waals surface area contributed by atoms with E-state index in [1.54, 1.807) is 32.2 Å². The van der Waals surface area contributed by atoms with Crippen LogP contribution in [0.1, 0.15) is 18.4 Å². The highest BCUT2D eigenvalue weighted by Crippen LogP contribution is 2.35. The Morgan fingerprint density at radius 3 is 2.21 bits per heavy atom. The first-order chi connectivity index (χ1) is 13.3. The number of aliphatic hydroxyl groups is 1. The molecule has 0 saturated heterocycles. The minimum absolute atomic E-state index is 0.625. The van der Waals surface area contributed by atoms with Crippen molar-refractivity contribution in [3.63, 3.8) is 0 Å². The Morgan fingerprint density at radius 2 is 1.64 bits per heavy atom. The monoisotopic (exact) mass is 452 g/mol. The van der Waals surface area contributed by atoms with Crippen LogP contribution in [0.25, 0.3) is 10.8 Å². The van der Waals surface area contributed by atoms with E-state index in [4.69, 9.17) is 4.74 Å². The third-order valence-corrected chi connectivity index (χ3v) is 5.43. The van der Waals surface area contributed by atoms with Gasteiger partial charge in [-0.25, -0.2) is 4.79 Å². The summed E-state index contributed by atoms with van der Waals surface area (Å²) in [6.45, 7) is 1.60. The van der Waals surface area contributed by atoms with Gasteiger partial charge in [0.2, 0.25) is 0 Å². The molecule has 0 fully saturated rings. The predicted molar refractivity (Wildman–Crippen MR) is 105 cm³/mol. The Balaban J connectivity index is 2.41. The molecule has 0 aromatic heterocycles. The van der Waals surface area contributed by atoms with Gasteiger partial charge in [0.15, 0.2) is 17.8 Å². The summed E-state index contributed by atoms with van der Waals surface area (Å²) in [5, 5.41) is 11.8. The number of ether oxygens (including phenoxy) is 3. The normalized spacial score (nSPS) is 14.1. The summed E-state index contributed by atoms with van der Waals surface area (Å²) in [5.41, 5.74) is 0.625. The summed E-state index contributed by atoms with van der Waals surface area (Å²) in [5.74, 6) is -4.49. The topological polar surface area (TPSA) is 99.1 Å². The second-order valence-corrected chi connectivity index (χ2v) is 6.95. The number of ketones is 1. The lowest BCUT2D eigenvalue weighted by Crippen LogP contribution is -2.43. The van der Waals surface area contributed by atoms with E-state index in [9.17, 15) is 19.5 Å². The van der Waals surface area contributed by atoms with Crippen molar-refractivity contribution in [2.24, 2.45) is 5.92 Å². The van der Waals surface area contributed by atoms with E-state index in [1.165, 1.54) is 0 Å². The van der Waals surface area contributed by atoms with Crippen molar-refractivity contribution in [2.45, 2.75) is 18.9 Å². The van der Waals surface area contributed by atoms with Crippen molar-refractivity contribution in [3.05, 3.63) is 40.4 Å². The van der Waals surface area contributed by atoms with Crippen LogP contribution >= 0.6 is 15.9 Å². The molecule has 0 amide bonds. The number of hydrogen-bond acceptors (Lipinski definition) is 7. The van der Waals surface area contributed by atoms with Crippen molar-refractivity contribution in [1.82, 2.24) is 0 Å². The molecule has 0 aliphatic heterocycles. The second-order valence-electron chi connectivity index (χ2n) is 6.16. The molecule has 0 saturated carbocycles. The molecule has 3 atom stereocenters. The molecular formula is C20H21BrO7. The van der Waals surface area contributed by atoms with Gasteiger partial charge in [-0.05, 0) is 38.3 Å². The molecule has 2 unspecified atom stereocenters. The highest BCUT2D eigenvalue weighted by Gasteiger charge is 2.41. The quantitative estimate of drug-likeness (QED) is 0.508. The number of benzene rings is 2. The molecule has 0 radical (unpaired) electrons. The molecule has 0 aliphatic rings. The van der Waals surface area contributed by atoms with Crippen LogP contribution in [0.5, 0.6) is 5.75 Å². The molecule has 2 aromatic rings. The van der Waals surface area contributed by atoms with Gasteiger partial charge in [-0.1, -0.05) is 31.2 Å². The summed E-state index contributed by atoms with van der Waals surface area (Å²) >= 11 is 3.49. The zero-order valence-corrected chi connectivity index (χ0v) is 17.5. The first kappa shape index (κ1) is 21.8. The van der Waals surface area contributed by atoms with Crippen LogP contribution in [-0.2, 0) is 23.9 Å². The molecule has 1 N–H and O–H groups in total. The van der Waals surface area contributed by atoms with Crippen LogP contribution in [0.2, 0.25) is 0 Å². The van der Waals surface area contributed by atoms with Crippen LogP contribution in [-0.4, -0.2) is 50.3 Å². The fraction of sp³-hybridized carbons (Fsp3) is 0.350. The van der Waals surface area contributed by atoms with Crippen molar-refractivity contribution in [3.8, 4) is 5.75 Å². The van der Waals surface area contributed by atoms with Gasteiger partial charge >= 0.3 is 11.9 Å². The van der Waals surface area contributed by atoms with Crippen LogP contribution in [0.15, 0.2) is 34.8 Å². The summed E-state index contributed by atoms with van der Waals surface area (Å²) in [4.78, 5) is 36.6. The average Bonchev–Trinajstić information content (AvgIpc) is 2.72. The molecule has 7 nitrogen and oxygen atoms in total. The fourth-order valence-corrected chi connectivity index (χ4v) is 3.59. The Bertz CT molecular complexity index is 909. The number of esters is 2. The zero-order valence-electron chi connectivity index (χ0n) is 15.9. The number of fused-ring (bicyclic) bond motifs is 1. The van der Waals surface area contributed by atoms with Crippen molar-refractivity contribution >= 4 is 44.4 Å². The molecule has 150 valence electrons. The lowest BCUT2D eigenvalue weighted by Gasteiger charge is -2.21. The number of carbonyl (C=O) groups is 3. The SMILES string of the molecule is COC(=O)C(O)C(C(=O)OC)C(=O)[C@@H](C)c1ccc2c(Br)c(OC)ccc2c1. The number of carbonyl (C=O) groups excluding carboxylic acids is 3. The van der Waals surface area contributed by atoms with E-state index < -0.39 is 35.7 Å². The van der Waals surface area contributed by atoms with E-state index in [2.05, 4.69) is 25.4 Å². The number of Topliss-reactive ketones (excluding diaryl/α,β-unsaturated/α-hetero) is 1. The molecule has 2 rings (SSSR count). The van der Waals surface area contributed by atoms with Crippen LogP contribution in [0.3, 0.4) is 0 Å². The largest absolute Gasteiger partial charge is 0.496 e. The maximum atomic E-state index is 12.9. The van der Waals surface area contributed by atoms with Gasteiger partial charge in [0, 0.05) is 5.92 Å². The van der Waals surface area contributed by atoms with Gasteiger partial charge in [0.25, 0.3) is 0 Å². The van der Waals surface area contributed by atoms with Crippen LogP contribution in [0, 0.1) is 5.92 Å². The van der Waals surface area contributed by atoms with Gasteiger partial charge in [0.05, 0.1) is 25.8 Å². The van der Waals surface area contributed by atoms with E-state index in [1.807, 2.05) is 12.1 Å². The minimum atomic E-state index is -1.94. The van der Waals surface area contributed by atoms with Crippen molar-refractivity contribution in [2.75, 3.05) is 21.3 Å². The van der Waals surface area contributed by atoms with Crippen molar-refractivity contribution in [1.29, 1.82) is 0 Å². The third-order valence-electron chi connectivity index (χ3n) is 4.61. The van der Waals surface area contributed by atoms with Gasteiger partial charge in [0.1, 0.15) is 5.75 Å². The first-order valence-corrected chi connectivity index (χ1v) is 9.19. The Hall–Kier alpha value is -2.45. The lowest BCUT2D eigenvalue weighted by atomic mass is 9.85. The summed E-state index contributed by atoms with van der Waals surface area (Å²) in [7, 11) is 3.71. The molecular weight excluding hydrogens is 432 g/mol. The summed E-state index contributed by atoms with van der Waals surface area (Å²) in [6, 6.07) is 9.02. The molecule has 8 heteroatoms. The average molecular weight is 453 g/mol. The number of halogens is 1. The van der Waals surface area contributed by atoms with Gasteiger partial charge < -0.3 is 19.3 Å². The Labute approximate surface area is 170 Å². The Kier molecular flexibility index (Phi) is 7.15. The number of aliphatic hydroxyl groups excluding tert-OH is 1. The highest BCUT2D eigenvalue weighted by atomic mass is 79.9. The first-order valence-electron chi connectivity index (χ1n) is 8.40. The van der Waals surface area contributed by atoms with E-state index >= 15 is 0 Å². The lowest BCUT2D eigenvalue weighted by molar-refractivity contribution is -0.166. The molecule has 0 heterocycles. The zero-order chi connectivity index (χ0) is 21.0. The van der Waals surface area contributed by atoms with Crippen molar-refractivity contribution < 1.29 is 33.7 Å². The maximum absolute atomic E-state index is 12.9. The Morgan fingerprint density at radius 1 is 1.00 bits per heavy atom. The molecule has 28 heavy (non-hydrogen) atoms. The maximum Gasteiger partial charge on any atom is 0.336 e. The van der Waals surface area contributed by atoms with Gasteiger partial charge in [-0.2, -0.15) is 0 Å². The number of hydrogen-bond donors (Lipinski definition) is 1. The summed E-state index contributed by atoms with van der Waals surface area (Å²) in [6.07, 6.45) is -1.94. The molecule has 0 bridgehead atoms. The molecule has 2 aromatic carbocycles. The number of methoxy groups -OCH3 is 3. The predicted octanol–water partition coefficient (Wildman–Crippen LogP) is 2.61. The van der Waals surface area contributed by atoms with Gasteiger partial charge in [-0.15, -0.1) is 0 Å². The van der Waals surface area contributed by atoms with E-state index in [0.29, 0.717) is 11.3 Å². The number of rotatable bonds is 7. The van der Waals surface area contributed by atoms with E-state index in [0.717, 1.165) is 29.5 Å². The minimum Gasteiger partial charge on any atom is -0.496 e.